The highest BCUT2D eigenvalue weighted by molar-refractivity contribution is 6.30. The van der Waals surface area contributed by atoms with Gasteiger partial charge in [-0.05, 0) is 31.5 Å². The average molecular weight is 241 g/mol. The zero-order valence-electron chi connectivity index (χ0n) is 9.70. The van der Waals surface area contributed by atoms with Gasteiger partial charge in [0.25, 0.3) is 0 Å². The van der Waals surface area contributed by atoms with Gasteiger partial charge in [0.05, 0.1) is 12.7 Å². The van der Waals surface area contributed by atoms with Crippen molar-refractivity contribution in [3.63, 3.8) is 0 Å². The molecule has 1 aromatic carbocycles. The van der Waals surface area contributed by atoms with Gasteiger partial charge in [0.1, 0.15) is 5.78 Å². The molecule has 3 heteroatoms. The molecular weight excluding hydrogens is 224 g/mol. The third kappa shape index (κ3) is 5.29. The lowest BCUT2D eigenvalue weighted by atomic mass is 10.1. The van der Waals surface area contributed by atoms with E-state index >= 15 is 0 Å². The van der Waals surface area contributed by atoms with Gasteiger partial charge in [-0.2, -0.15) is 0 Å². The van der Waals surface area contributed by atoms with E-state index in [4.69, 9.17) is 16.3 Å². The van der Waals surface area contributed by atoms with Gasteiger partial charge in [-0.1, -0.05) is 23.7 Å². The normalized spacial score (nSPS) is 10.8. The van der Waals surface area contributed by atoms with Crippen molar-refractivity contribution in [2.75, 3.05) is 6.61 Å². The molecule has 0 amide bonds. The first-order valence-corrected chi connectivity index (χ1v) is 5.83. The molecule has 0 unspecified atom stereocenters. The first kappa shape index (κ1) is 13.2. The molecule has 16 heavy (non-hydrogen) atoms. The Labute approximate surface area is 102 Å². The minimum Gasteiger partial charge on any atom is -0.378 e. The fourth-order valence-corrected chi connectivity index (χ4v) is 1.45. The number of rotatable bonds is 6. The molecule has 0 fully saturated rings. The number of halogens is 1. The van der Waals surface area contributed by atoms with Crippen LogP contribution >= 0.6 is 11.6 Å². The third-order valence-electron chi connectivity index (χ3n) is 2.15. The fourth-order valence-electron chi connectivity index (χ4n) is 1.33. The summed E-state index contributed by atoms with van der Waals surface area (Å²) in [4.78, 5) is 11.6. The zero-order valence-corrected chi connectivity index (χ0v) is 10.5. The first-order chi connectivity index (χ1) is 7.58. The molecule has 0 saturated carbocycles. The molecule has 1 rings (SSSR count). The highest BCUT2D eigenvalue weighted by Gasteiger charge is 2.04. The van der Waals surface area contributed by atoms with E-state index in [0.717, 1.165) is 5.56 Å². The molecule has 0 bridgehead atoms. The topological polar surface area (TPSA) is 26.3 Å². The molecule has 0 aromatic heterocycles. The second-order valence-corrected chi connectivity index (χ2v) is 4.45. The predicted molar refractivity (Wildman–Crippen MR) is 65.9 cm³/mol. The smallest absolute Gasteiger partial charge is 0.139 e. The van der Waals surface area contributed by atoms with Crippen molar-refractivity contribution in [3.05, 3.63) is 34.9 Å². The van der Waals surface area contributed by atoms with Crippen LogP contribution in [0.2, 0.25) is 5.02 Å². The number of Topliss-reactive ketones (excluding diaryl/α,β-unsaturated/α-hetero) is 1. The summed E-state index contributed by atoms with van der Waals surface area (Å²) >= 11 is 5.76. The summed E-state index contributed by atoms with van der Waals surface area (Å²) in [6.45, 7) is 4.43. The first-order valence-electron chi connectivity index (χ1n) is 5.45. The lowest BCUT2D eigenvalue weighted by Gasteiger charge is -2.06. The van der Waals surface area contributed by atoms with E-state index in [9.17, 15) is 4.79 Å². The van der Waals surface area contributed by atoms with E-state index in [1.54, 1.807) is 12.1 Å². The van der Waals surface area contributed by atoms with Crippen LogP contribution in [0.3, 0.4) is 0 Å². The largest absolute Gasteiger partial charge is 0.378 e. The van der Waals surface area contributed by atoms with Crippen LogP contribution in [0.15, 0.2) is 24.3 Å². The van der Waals surface area contributed by atoms with Gasteiger partial charge in [-0.25, -0.2) is 0 Å². The van der Waals surface area contributed by atoms with Crippen molar-refractivity contribution in [2.24, 2.45) is 0 Å². The Morgan fingerprint density at radius 2 is 1.94 bits per heavy atom. The summed E-state index contributed by atoms with van der Waals surface area (Å²) in [5.41, 5.74) is 0.999. The van der Waals surface area contributed by atoms with E-state index in [1.165, 1.54) is 0 Å². The molecule has 0 aliphatic carbocycles. The van der Waals surface area contributed by atoms with Gasteiger partial charge < -0.3 is 4.74 Å². The van der Waals surface area contributed by atoms with E-state index < -0.39 is 0 Å². The van der Waals surface area contributed by atoms with Gasteiger partial charge in [-0.15, -0.1) is 0 Å². The van der Waals surface area contributed by atoms with Crippen molar-refractivity contribution >= 4 is 17.4 Å². The van der Waals surface area contributed by atoms with Crippen molar-refractivity contribution in [1.29, 1.82) is 0 Å². The lowest BCUT2D eigenvalue weighted by molar-refractivity contribution is -0.119. The monoisotopic (exact) mass is 240 g/mol. The van der Waals surface area contributed by atoms with Crippen molar-refractivity contribution in [2.45, 2.75) is 32.8 Å². The van der Waals surface area contributed by atoms with Gasteiger partial charge in [-0.3, -0.25) is 4.79 Å². The standard InChI is InChI=1S/C13H17ClO2/c1-10(2)16-8-7-13(15)9-11-3-5-12(14)6-4-11/h3-6,10H,7-9H2,1-2H3. The summed E-state index contributed by atoms with van der Waals surface area (Å²) in [5.74, 6) is 0.197. The minimum absolute atomic E-state index is 0.184. The number of ketones is 1. The van der Waals surface area contributed by atoms with Crippen molar-refractivity contribution in [1.82, 2.24) is 0 Å². The molecule has 0 radical (unpaired) electrons. The highest BCUT2D eigenvalue weighted by atomic mass is 35.5. The summed E-state index contributed by atoms with van der Waals surface area (Å²) in [6, 6.07) is 7.36. The highest BCUT2D eigenvalue weighted by Crippen LogP contribution is 2.10. The Bertz CT molecular complexity index is 330. The Hall–Kier alpha value is -0.860. The number of carbonyl (C=O) groups excluding carboxylic acids is 1. The molecule has 88 valence electrons. The SMILES string of the molecule is CC(C)OCCC(=O)Cc1ccc(Cl)cc1. The second kappa shape index (κ2) is 6.66. The molecule has 0 aliphatic heterocycles. The van der Waals surface area contributed by atoms with E-state index in [0.29, 0.717) is 24.5 Å². The zero-order chi connectivity index (χ0) is 12.0. The summed E-state index contributed by atoms with van der Waals surface area (Å²) in [5, 5.41) is 0.694. The van der Waals surface area contributed by atoms with Crippen molar-refractivity contribution < 1.29 is 9.53 Å². The number of benzene rings is 1. The molecule has 0 spiro atoms. The summed E-state index contributed by atoms with van der Waals surface area (Å²) in [7, 11) is 0. The number of hydrogen-bond acceptors (Lipinski definition) is 2. The molecule has 1 aromatic rings. The van der Waals surface area contributed by atoms with Crippen LogP contribution in [-0.4, -0.2) is 18.5 Å². The Morgan fingerprint density at radius 3 is 2.50 bits per heavy atom. The van der Waals surface area contributed by atoms with Crippen LogP contribution in [0.5, 0.6) is 0 Å². The molecule has 0 atom stereocenters. The van der Waals surface area contributed by atoms with E-state index in [-0.39, 0.29) is 11.9 Å². The Morgan fingerprint density at radius 1 is 1.31 bits per heavy atom. The van der Waals surface area contributed by atoms with Gasteiger partial charge in [0.2, 0.25) is 0 Å². The van der Waals surface area contributed by atoms with Crippen LogP contribution in [0.25, 0.3) is 0 Å². The van der Waals surface area contributed by atoms with Crippen LogP contribution in [0, 0.1) is 0 Å². The van der Waals surface area contributed by atoms with Crippen LogP contribution < -0.4 is 0 Å². The van der Waals surface area contributed by atoms with Gasteiger partial charge in [0.15, 0.2) is 0 Å². The quantitative estimate of drug-likeness (QED) is 0.763. The molecule has 0 heterocycles. The van der Waals surface area contributed by atoms with E-state index in [2.05, 4.69) is 0 Å². The molecule has 0 saturated heterocycles. The maximum atomic E-state index is 11.6. The van der Waals surface area contributed by atoms with Crippen LogP contribution in [0.4, 0.5) is 0 Å². The minimum atomic E-state index is 0.184. The molecule has 2 nitrogen and oxygen atoms in total. The lowest BCUT2D eigenvalue weighted by Crippen LogP contribution is -2.10. The number of ether oxygens (including phenoxy) is 1. The molecule has 0 aliphatic rings. The number of carbonyl (C=O) groups is 1. The average Bonchev–Trinajstić information content (AvgIpc) is 2.21. The Balaban J connectivity index is 2.31. The second-order valence-electron chi connectivity index (χ2n) is 4.01. The van der Waals surface area contributed by atoms with Gasteiger partial charge in [0, 0.05) is 17.9 Å². The third-order valence-corrected chi connectivity index (χ3v) is 2.40. The molecular formula is C13H17ClO2. The molecule has 0 N–H and O–H groups in total. The maximum Gasteiger partial charge on any atom is 0.139 e. The summed E-state index contributed by atoms with van der Waals surface area (Å²) in [6.07, 6.45) is 1.11. The fraction of sp³-hybridized carbons (Fsp3) is 0.462. The summed E-state index contributed by atoms with van der Waals surface area (Å²) < 4.78 is 5.33. The van der Waals surface area contributed by atoms with Crippen LogP contribution in [-0.2, 0) is 16.0 Å². The predicted octanol–water partition coefficient (Wildman–Crippen LogP) is 3.27. The van der Waals surface area contributed by atoms with E-state index in [1.807, 2.05) is 26.0 Å². The van der Waals surface area contributed by atoms with Crippen molar-refractivity contribution in [3.8, 4) is 0 Å². The van der Waals surface area contributed by atoms with Crippen LogP contribution in [0.1, 0.15) is 25.8 Å². The van der Waals surface area contributed by atoms with Gasteiger partial charge >= 0.3 is 0 Å². The number of hydrogen-bond donors (Lipinski definition) is 0. The maximum absolute atomic E-state index is 11.6. The Kier molecular flexibility index (Phi) is 5.50.